The van der Waals surface area contributed by atoms with Crippen LogP contribution in [0.5, 0.6) is 0 Å². The first kappa shape index (κ1) is 11.5. The number of nitrogens with two attached hydrogens (primary N) is 1. The van der Waals surface area contributed by atoms with E-state index in [4.69, 9.17) is 16.9 Å². The van der Waals surface area contributed by atoms with E-state index in [9.17, 15) is 0 Å². The van der Waals surface area contributed by atoms with Crippen LogP contribution < -0.4 is 5.73 Å². The van der Waals surface area contributed by atoms with Crippen LogP contribution in [-0.4, -0.2) is 18.8 Å². The predicted molar refractivity (Wildman–Crippen MR) is 51.8 cm³/mol. The summed E-state index contributed by atoms with van der Waals surface area (Å²) in [6.07, 6.45) is 7.64. The first-order valence-electron chi connectivity index (χ1n) is 4.48. The normalized spacial score (nSPS) is 11.2. The van der Waals surface area contributed by atoms with Gasteiger partial charge in [0.25, 0.3) is 0 Å². The van der Waals surface area contributed by atoms with Crippen LogP contribution in [0.2, 0.25) is 0 Å². The second-order valence-electron chi connectivity index (χ2n) is 3.08. The second kappa shape index (κ2) is 6.05. The Bertz CT molecular complexity index is 144. The number of terminal acetylenes is 1. The van der Waals surface area contributed by atoms with Crippen LogP contribution in [0.3, 0.4) is 0 Å². The standard InChI is InChI=1S/C10H19NO/c1-4-7-8-12-9-10(11,5-2)6-3/h1H,5-9,11H2,2-3H3. The molecule has 0 atom stereocenters. The molecule has 0 aromatic carbocycles. The molecule has 0 aliphatic carbocycles. The Balaban J connectivity index is 3.53. The van der Waals surface area contributed by atoms with Crippen molar-refractivity contribution in [2.75, 3.05) is 13.2 Å². The van der Waals surface area contributed by atoms with Crippen LogP contribution in [0, 0.1) is 12.3 Å². The number of ether oxygens (including phenoxy) is 1. The number of rotatable bonds is 6. The molecule has 0 radical (unpaired) electrons. The molecule has 0 unspecified atom stereocenters. The number of hydrogen-bond acceptors (Lipinski definition) is 2. The number of hydrogen-bond donors (Lipinski definition) is 1. The minimum atomic E-state index is -0.158. The Morgan fingerprint density at radius 1 is 1.42 bits per heavy atom. The first-order valence-corrected chi connectivity index (χ1v) is 4.48. The SMILES string of the molecule is C#CCCOCC(N)(CC)CC. The topological polar surface area (TPSA) is 35.2 Å². The van der Waals surface area contributed by atoms with Gasteiger partial charge in [0.2, 0.25) is 0 Å². The second-order valence-corrected chi connectivity index (χ2v) is 3.08. The summed E-state index contributed by atoms with van der Waals surface area (Å²) >= 11 is 0. The zero-order valence-corrected chi connectivity index (χ0v) is 8.10. The molecule has 0 aromatic rings. The fourth-order valence-electron chi connectivity index (χ4n) is 0.861. The molecule has 0 saturated heterocycles. The van der Waals surface area contributed by atoms with Crippen molar-refractivity contribution in [1.29, 1.82) is 0 Å². The highest BCUT2D eigenvalue weighted by molar-refractivity contribution is 4.84. The molecule has 0 aliphatic rings. The monoisotopic (exact) mass is 169 g/mol. The van der Waals surface area contributed by atoms with Gasteiger partial charge in [-0.3, -0.25) is 0 Å². The smallest absolute Gasteiger partial charge is 0.0646 e. The van der Waals surface area contributed by atoms with E-state index in [2.05, 4.69) is 19.8 Å². The van der Waals surface area contributed by atoms with E-state index < -0.39 is 0 Å². The average molecular weight is 169 g/mol. The molecule has 0 bridgehead atoms. The molecule has 2 N–H and O–H groups in total. The van der Waals surface area contributed by atoms with Gasteiger partial charge in [0.05, 0.1) is 13.2 Å². The zero-order valence-electron chi connectivity index (χ0n) is 8.10. The third kappa shape index (κ3) is 4.38. The average Bonchev–Trinajstić information content (AvgIpc) is 2.12. The Kier molecular flexibility index (Phi) is 5.79. The van der Waals surface area contributed by atoms with E-state index >= 15 is 0 Å². The molecule has 0 saturated carbocycles. The van der Waals surface area contributed by atoms with Gasteiger partial charge < -0.3 is 10.5 Å². The lowest BCUT2D eigenvalue weighted by Gasteiger charge is -2.25. The molecule has 2 nitrogen and oxygen atoms in total. The van der Waals surface area contributed by atoms with E-state index in [1.807, 2.05) is 0 Å². The van der Waals surface area contributed by atoms with Crippen molar-refractivity contribution >= 4 is 0 Å². The Morgan fingerprint density at radius 2 is 2.00 bits per heavy atom. The molecule has 70 valence electrons. The summed E-state index contributed by atoms with van der Waals surface area (Å²) < 4.78 is 5.35. The molecule has 0 fully saturated rings. The van der Waals surface area contributed by atoms with Crippen LogP contribution >= 0.6 is 0 Å². The van der Waals surface area contributed by atoms with Gasteiger partial charge in [0.15, 0.2) is 0 Å². The van der Waals surface area contributed by atoms with E-state index in [0.717, 1.165) is 12.8 Å². The van der Waals surface area contributed by atoms with E-state index in [1.54, 1.807) is 0 Å². The van der Waals surface area contributed by atoms with Crippen molar-refractivity contribution in [3.63, 3.8) is 0 Å². The molecule has 0 heterocycles. The molecular formula is C10H19NO. The minimum absolute atomic E-state index is 0.158. The predicted octanol–water partition coefficient (Wildman–Crippen LogP) is 1.54. The maximum atomic E-state index is 6.00. The summed E-state index contributed by atoms with van der Waals surface area (Å²) in [7, 11) is 0. The van der Waals surface area contributed by atoms with Crippen molar-refractivity contribution in [2.24, 2.45) is 5.73 Å². The van der Waals surface area contributed by atoms with Gasteiger partial charge in [0, 0.05) is 12.0 Å². The molecule has 0 spiro atoms. The molecule has 0 aliphatic heterocycles. The third-order valence-electron chi connectivity index (χ3n) is 2.19. The molecule has 2 heteroatoms. The van der Waals surface area contributed by atoms with Crippen LogP contribution in [0.1, 0.15) is 33.1 Å². The molecular weight excluding hydrogens is 150 g/mol. The largest absolute Gasteiger partial charge is 0.379 e. The summed E-state index contributed by atoms with van der Waals surface area (Å²) in [6, 6.07) is 0. The lowest BCUT2D eigenvalue weighted by Crippen LogP contribution is -2.43. The van der Waals surface area contributed by atoms with Gasteiger partial charge in [-0.2, -0.15) is 0 Å². The van der Waals surface area contributed by atoms with E-state index in [1.165, 1.54) is 0 Å². The Hall–Kier alpha value is -0.520. The van der Waals surface area contributed by atoms with Crippen molar-refractivity contribution in [1.82, 2.24) is 0 Å². The summed E-state index contributed by atoms with van der Waals surface area (Å²) in [5.74, 6) is 2.52. The van der Waals surface area contributed by atoms with Crippen LogP contribution in [0.15, 0.2) is 0 Å². The lowest BCUT2D eigenvalue weighted by molar-refractivity contribution is 0.0851. The summed E-state index contributed by atoms with van der Waals surface area (Å²) in [6.45, 7) is 5.39. The highest BCUT2D eigenvalue weighted by Crippen LogP contribution is 2.11. The van der Waals surface area contributed by atoms with Crippen molar-refractivity contribution in [2.45, 2.75) is 38.6 Å². The summed E-state index contributed by atoms with van der Waals surface area (Å²) in [5.41, 5.74) is 5.84. The van der Waals surface area contributed by atoms with Gasteiger partial charge in [-0.05, 0) is 12.8 Å². The first-order chi connectivity index (χ1) is 5.68. The van der Waals surface area contributed by atoms with E-state index in [0.29, 0.717) is 19.6 Å². The Labute approximate surface area is 75.5 Å². The van der Waals surface area contributed by atoms with Crippen molar-refractivity contribution in [3.8, 4) is 12.3 Å². The molecule has 0 aromatic heterocycles. The summed E-state index contributed by atoms with van der Waals surface area (Å²) in [5, 5.41) is 0. The highest BCUT2D eigenvalue weighted by atomic mass is 16.5. The van der Waals surface area contributed by atoms with Gasteiger partial charge in [-0.1, -0.05) is 13.8 Å². The Morgan fingerprint density at radius 3 is 2.42 bits per heavy atom. The summed E-state index contributed by atoms with van der Waals surface area (Å²) in [4.78, 5) is 0. The van der Waals surface area contributed by atoms with Crippen molar-refractivity contribution in [3.05, 3.63) is 0 Å². The van der Waals surface area contributed by atoms with E-state index in [-0.39, 0.29) is 5.54 Å². The van der Waals surface area contributed by atoms with Gasteiger partial charge >= 0.3 is 0 Å². The lowest BCUT2D eigenvalue weighted by atomic mass is 9.96. The minimum Gasteiger partial charge on any atom is -0.379 e. The van der Waals surface area contributed by atoms with Crippen LogP contribution in [0.4, 0.5) is 0 Å². The third-order valence-corrected chi connectivity index (χ3v) is 2.19. The van der Waals surface area contributed by atoms with Gasteiger partial charge in [-0.25, -0.2) is 0 Å². The van der Waals surface area contributed by atoms with Gasteiger partial charge in [0.1, 0.15) is 0 Å². The fraction of sp³-hybridized carbons (Fsp3) is 0.800. The quantitative estimate of drug-likeness (QED) is 0.483. The molecule has 0 rings (SSSR count). The molecule has 0 amide bonds. The fourth-order valence-corrected chi connectivity index (χ4v) is 0.861. The maximum Gasteiger partial charge on any atom is 0.0646 e. The zero-order chi connectivity index (χ0) is 9.45. The van der Waals surface area contributed by atoms with Crippen LogP contribution in [-0.2, 0) is 4.74 Å². The molecule has 12 heavy (non-hydrogen) atoms. The van der Waals surface area contributed by atoms with Crippen molar-refractivity contribution < 1.29 is 4.74 Å². The van der Waals surface area contributed by atoms with Crippen LogP contribution in [0.25, 0.3) is 0 Å². The van der Waals surface area contributed by atoms with Gasteiger partial charge in [-0.15, -0.1) is 12.3 Å². The highest BCUT2D eigenvalue weighted by Gasteiger charge is 2.19. The maximum absolute atomic E-state index is 6.00.